The summed E-state index contributed by atoms with van der Waals surface area (Å²) in [7, 11) is -3.03. The van der Waals surface area contributed by atoms with Gasteiger partial charge in [0.15, 0.2) is 0 Å². The van der Waals surface area contributed by atoms with E-state index < -0.39 is 20.3 Å². The highest BCUT2D eigenvalue weighted by Gasteiger charge is 2.59. The molecule has 4 aromatic rings. The Morgan fingerprint density at radius 3 is 2.31 bits per heavy atom. The summed E-state index contributed by atoms with van der Waals surface area (Å²) in [5, 5.41) is 3.34. The molecule has 2 heterocycles. The smallest absolute Gasteiger partial charge is 0.276 e. The fourth-order valence-electron chi connectivity index (χ4n) is 5.03. The van der Waals surface area contributed by atoms with Crippen molar-refractivity contribution in [3.8, 4) is 5.88 Å². The lowest BCUT2D eigenvalue weighted by Gasteiger charge is -2.29. The number of methoxy groups -OCH3 is 1. The van der Waals surface area contributed by atoms with Crippen LogP contribution in [0.2, 0.25) is 0 Å². The van der Waals surface area contributed by atoms with Crippen molar-refractivity contribution in [1.29, 1.82) is 0 Å². The Balaban J connectivity index is 1.68. The van der Waals surface area contributed by atoms with Crippen LogP contribution in [0.4, 0.5) is 5.69 Å². The summed E-state index contributed by atoms with van der Waals surface area (Å²) in [6, 6.07) is 19.7. The fraction of sp³-hybridized carbons (Fsp3) is 0.231. The van der Waals surface area contributed by atoms with Gasteiger partial charge in [-0.25, -0.2) is 0 Å². The maximum absolute atomic E-state index is 12.0. The zero-order valence-electron chi connectivity index (χ0n) is 19.6. The number of hydroxylamine groups is 2. The molecular formula is C26H26ClN2O5S+. The number of thioether (sulfide) groups is 1. The van der Waals surface area contributed by atoms with Gasteiger partial charge in [-0.15, -0.1) is 0 Å². The third kappa shape index (κ3) is 4.01. The molecule has 2 unspecified atom stereocenters. The summed E-state index contributed by atoms with van der Waals surface area (Å²) in [6.07, 6.45) is 3.90. The van der Waals surface area contributed by atoms with E-state index >= 15 is 0 Å². The number of aromatic nitrogens is 1. The van der Waals surface area contributed by atoms with E-state index in [9.17, 15) is 14.0 Å². The number of rotatable bonds is 7. The Morgan fingerprint density at radius 2 is 1.66 bits per heavy atom. The maximum atomic E-state index is 12.0. The number of ether oxygens (including phenoxy) is 1. The Bertz CT molecular complexity index is 1430. The van der Waals surface area contributed by atoms with Gasteiger partial charge < -0.3 is 9.30 Å². The maximum Gasteiger partial charge on any atom is 0.276 e. The Kier molecular flexibility index (Phi) is 6.31. The van der Waals surface area contributed by atoms with Crippen LogP contribution in [-0.4, -0.2) is 23.6 Å². The molecule has 0 fully saturated rings. The van der Waals surface area contributed by atoms with Crippen LogP contribution >= 0.6 is 11.8 Å². The molecule has 5 rings (SSSR count). The number of likely N-dealkylation sites (N-methyl/N-ethyl adjacent to an activating group) is 1. The molecule has 0 bridgehead atoms. The number of quaternary nitrogens is 1. The van der Waals surface area contributed by atoms with Crippen molar-refractivity contribution in [2.45, 2.75) is 30.7 Å². The van der Waals surface area contributed by atoms with Gasteiger partial charge >= 0.3 is 0 Å². The second-order valence-corrected chi connectivity index (χ2v) is 10.3. The first-order valence-corrected chi connectivity index (χ1v) is 13.5. The summed E-state index contributed by atoms with van der Waals surface area (Å²) in [4.78, 5) is 0.882. The van der Waals surface area contributed by atoms with Gasteiger partial charge in [-0.1, -0.05) is 42.5 Å². The molecule has 2 atom stereocenters. The molecule has 7 nitrogen and oxygen atoms in total. The summed E-state index contributed by atoms with van der Waals surface area (Å²) in [6.45, 7) is 4.81. The number of fused-ring (bicyclic) bond motifs is 4. The van der Waals surface area contributed by atoms with Crippen LogP contribution in [-0.2, 0) is 10.9 Å². The summed E-state index contributed by atoms with van der Waals surface area (Å²) in [5.74, 6) is 0.768. The van der Waals surface area contributed by atoms with Crippen molar-refractivity contribution in [2.24, 2.45) is 0 Å². The van der Waals surface area contributed by atoms with Gasteiger partial charge in [-0.2, -0.15) is 14.0 Å². The van der Waals surface area contributed by atoms with E-state index in [-0.39, 0.29) is 6.54 Å². The van der Waals surface area contributed by atoms with Gasteiger partial charge in [0.25, 0.3) is 4.39 Å². The number of hydrogen-bond donors (Lipinski definition) is 0. The van der Waals surface area contributed by atoms with E-state index in [4.69, 9.17) is 9.13 Å². The molecular weight excluding hydrogens is 488 g/mol. The molecule has 0 spiro atoms. The Morgan fingerprint density at radius 1 is 0.971 bits per heavy atom. The van der Waals surface area contributed by atoms with Crippen molar-refractivity contribution in [3.63, 3.8) is 0 Å². The number of nitrogens with zero attached hydrogens (tertiary/aromatic N) is 2. The molecule has 3 aromatic carbocycles. The fourth-order valence-corrected chi connectivity index (χ4v) is 7.04. The predicted octanol–water partition coefficient (Wildman–Crippen LogP) is 3.12. The van der Waals surface area contributed by atoms with E-state index in [0.717, 1.165) is 38.0 Å². The van der Waals surface area contributed by atoms with Crippen LogP contribution in [0.1, 0.15) is 19.5 Å². The van der Waals surface area contributed by atoms with Gasteiger partial charge in [0.05, 0.1) is 17.7 Å². The largest absolute Gasteiger partial charge is 0.482 e. The summed E-state index contributed by atoms with van der Waals surface area (Å²) in [5.41, 5.74) is 1.63. The average molecular weight is 514 g/mol. The van der Waals surface area contributed by atoms with Gasteiger partial charge in [0.2, 0.25) is 16.9 Å². The van der Waals surface area contributed by atoms with Crippen LogP contribution in [0.5, 0.6) is 5.88 Å². The van der Waals surface area contributed by atoms with Crippen molar-refractivity contribution in [1.82, 2.24) is 9.21 Å². The number of halogens is 1. The van der Waals surface area contributed by atoms with Gasteiger partial charge in [0, 0.05) is 27.3 Å². The molecule has 0 N–H and O–H groups in total. The third-order valence-electron chi connectivity index (χ3n) is 6.48. The lowest BCUT2D eigenvalue weighted by atomic mass is 10.1. The third-order valence-corrected chi connectivity index (χ3v) is 8.21. The normalized spacial score (nSPS) is 20.2. The molecule has 1 aromatic heterocycles. The molecule has 1 aliphatic rings. The van der Waals surface area contributed by atoms with E-state index in [2.05, 4.69) is 4.57 Å². The highest BCUT2D eigenvalue weighted by Crippen LogP contribution is 2.53. The predicted molar refractivity (Wildman–Crippen MR) is 130 cm³/mol. The second kappa shape index (κ2) is 9.15. The van der Waals surface area contributed by atoms with E-state index in [1.165, 1.54) is 11.8 Å². The molecule has 9 heteroatoms. The first kappa shape index (κ1) is 24.1. The van der Waals surface area contributed by atoms with Crippen molar-refractivity contribution >= 4 is 45.1 Å². The molecule has 0 aliphatic carbocycles. The Labute approximate surface area is 210 Å². The van der Waals surface area contributed by atoms with Crippen molar-refractivity contribution in [3.05, 3.63) is 72.4 Å². The Hall–Kier alpha value is -2.56. The topological polar surface area (TPSA) is 92.6 Å². The summed E-state index contributed by atoms with van der Waals surface area (Å²) >= 11 is 1.49. The lowest BCUT2D eigenvalue weighted by molar-refractivity contribution is -1.92. The first-order valence-electron chi connectivity index (χ1n) is 11.3. The van der Waals surface area contributed by atoms with Crippen LogP contribution in [0.3, 0.4) is 0 Å². The molecule has 0 saturated heterocycles. The van der Waals surface area contributed by atoms with Crippen LogP contribution in [0.25, 0.3) is 27.6 Å². The van der Waals surface area contributed by atoms with Crippen LogP contribution in [0.15, 0.2) is 71.6 Å². The molecule has 0 amide bonds. The zero-order chi connectivity index (χ0) is 24.8. The standard InChI is InChI=1S/C26H26ClN2O5S/c1-4-28-22(20-12-8-9-13-21(20)26(28)33-3)15-17-24-29(5-2,34-27(30,31)32)25-19-11-7-6-10-18(19)14-16-23(25)35-24/h6-17,24H,4-5H2,1-3H3/q+1. The van der Waals surface area contributed by atoms with Crippen LogP contribution < -0.4 is 23.4 Å². The minimum atomic E-state index is -4.69. The molecule has 0 saturated carbocycles. The van der Waals surface area contributed by atoms with Gasteiger partial charge in [-0.3, -0.25) is 0 Å². The van der Waals surface area contributed by atoms with E-state index in [1.54, 1.807) is 7.11 Å². The minimum absolute atomic E-state index is 0.246. The highest BCUT2D eigenvalue weighted by molar-refractivity contribution is 8.00. The first-order chi connectivity index (χ1) is 16.8. The van der Waals surface area contributed by atoms with Crippen molar-refractivity contribution in [2.75, 3.05) is 13.7 Å². The molecule has 35 heavy (non-hydrogen) atoms. The van der Waals surface area contributed by atoms with Gasteiger partial charge in [-0.05, 0) is 61.3 Å². The SMILES string of the molecule is CCn1c(C=CC2Sc3ccc4ccccc4c3[N+]2(CC)O[Cl+3]([O-])([O-])[O-])c2ccccc2c1OC. The molecule has 1 aliphatic heterocycles. The highest BCUT2D eigenvalue weighted by atomic mass is 35.7. The van der Waals surface area contributed by atoms with Crippen molar-refractivity contribution < 1.29 is 33.3 Å². The lowest BCUT2D eigenvalue weighted by Crippen LogP contribution is -2.69. The summed E-state index contributed by atoms with van der Waals surface area (Å²) < 4.78 is 48.6. The second-order valence-electron chi connectivity index (χ2n) is 8.24. The quantitative estimate of drug-likeness (QED) is 0.352. The average Bonchev–Trinajstić information content (AvgIpc) is 3.33. The number of hydrogen-bond acceptors (Lipinski definition) is 6. The van der Waals surface area contributed by atoms with Crippen LogP contribution in [0, 0.1) is 10.2 Å². The number of benzene rings is 3. The van der Waals surface area contributed by atoms with Gasteiger partial charge in [0.1, 0.15) is 16.8 Å². The monoisotopic (exact) mass is 513 g/mol. The van der Waals surface area contributed by atoms with E-state index in [1.807, 2.05) is 86.7 Å². The molecule has 182 valence electrons. The van der Waals surface area contributed by atoms with E-state index in [0.29, 0.717) is 12.2 Å². The zero-order valence-corrected chi connectivity index (χ0v) is 21.2. The minimum Gasteiger partial charge on any atom is -0.482 e. The molecule has 0 radical (unpaired) electrons.